The van der Waals surface area contributed by atoms with Gasteiger partial charge < -0.3 is 35.1 Å². The second-order valence-electron chi connectivity index (χ2n) is 8.63. The molecule has 0 aromatic heterocycles. The van der Waals surface area contributed by atoms with Gasteiger partial charge >= 0.3 is 23.9 Å². The predicted molar refractivity (Wildman–Crippen MR) is 123 cm³/mol. The second-order valence-corrected chi connectivity index (χ2v) is 10.0. The van der Waals surface area contributed by atoms with E-state index < -0.39 is 72.0 Å². The molecule has 2 rings (SSSR count). The third kappa shape index (κ3) is 9.30. The van der Waals surface area contributed by atoms with Crippen LogP contribution in [-0.2, 0) is 42.9 Å². The number of amides is 1. The quantitative estimate of drug-likeness (QED) is 0.269. The number of carboxylic acid groups (broad SMARTS) is 1. The molecule has 0 bridgehead atoms. The number of carbonyl (C=O) groups is 5. The van der Waals surface area contributed by atoms with Crippen molar-refractivity contribution < 1.29 is 48.0 Å². The fourth-order valence-corrected chi connectivity index (χ4v) is 5.70. The first-order chi connectivity index (χ1) is 16.5. The van der Waals surface area contributed by atoms with Crippen LogP contribution in [0.15, 0.2) is 0 Å². The maximum atomic E-state index is 12.8. The summed E-state index contributed by atoms with van der Waals surface area (Å²) in [5.74, 6) is -4.01. The van der Waals surface area contributed by atoms with Crippen LogP contribution in [0.25, 0.3) is 0 Å². The van der Waals surface area contributed by atoms with E-state index in [0.717, 1.165) is 39.0 Å². The van der Waals surface area contributed by atoms with E-state index in [4.69, 9.17) is 29.8 Å². The van der Waals surface area contributed by atoms with Crippen molar-refractivity contribution in [3.63, 3.8) is 0 Å². The summed E-state index contributed by atoms with van der Waals surface area (Å²) in [5.41, 5.74) is 4.96. The van der Waals surface area contributed by atoms with Gasteiger partial charge in [-0.3, -0.25) is 24.0 Å². The lowest BCUT2D eigenvalue weighted by Crippen LogP contribution is -2.66. The Morgan fingerprint density at radius 1 is 1.00 bits per heavy atom. The van der Waals surface area contributed by atoms with Crippen molar-refractivity contribution in [2.24, 2.45) is 5.73 Å². The number of ether oxygens (including phenoxy) is 4. The molecule has 0 aromatic rings. The minimum absolute atomic E-state index is 0.193. The Morgan fingerprint density at radius 2 is 1.60 bits per heavy atom. The van der Waals surface area contributed by atoms with Crippen LogP contribution in [-0.4, -0.2) is 82.6 Å². The zero-order chi connectivity index (χ0) is 26.1. The molecule has 1 aliphatic heterocycles. The number of nitrogens with two attached hydrogens (primary N) is 1. The number of carbonyl (C=O) groups excluding carboxylic acids is 4. The molecule has 0 spiro atoms. The topological polar surface area (TPSA) is 181 Å². The van der Waals surface area contributed by atoms with Crippen LogP contribution in [0.5, 0.6) is 0 Å². The number of hydrogen-bond donors (Lipinski definition) is 3. The van der Waals surface area contributed by atoms with Crippen LogP contribution < -0.4 is 11.1 Å². The van der Waals surface area contributed by atoms with Crippen LogP contribution in [0.3, 0.4) is 0 Å². The molecule has 1 heterocycles. The van der Waals surface area contributed by atoms with Crippen molar-refractivity contribution >= 4 is 41.5 Å². The molecular formula is C22H34N2O10S. The molecule has 13 heteroatoms. The first-order valence-corrected chi connectivity index (χ1v) is 12.5. The highest BCUT2D eigenvalue weighted by atomic mass is 32.2. The molecule has 1 amide bonds. The third-order valence-electron chi connectivity index (χ3n) is 5.62. The van der Waals surface area contributed by atoms with E-state index in [1.165, 1.54) is 25.6 Å². The zero-order valence-corrected chi connectivity index (χ0v) is 20.9. The number of carboxylic acids is 1. The van der Waals surface area contributed by atoms with E-state index in [2.05, 4.69) is 5.32 Å². The lowest BCUT2D eigenvalue weighted by molar-refractivity contribution is -0.212. The first-order valence-electron chi connectivity index (χ1n) is 11.5. The van der Waals surface area contributed by atoms with Crippen LogP contribution in [0.4, 0.5) is 0 Å². The number of rotatable bonds is 10. The Hall–Kier alpha value is -2.38. The highest BCUT2D eigenvalue weighted by Gasteiger charge is 2.51. The maximum Gasteiger partial charge on any atom is 0.305 e. The van der Waals surface area contributed by atoms with E-state index in [-0.39, 0.29) is 11.9 Å². The largest absolute Gasteiger partial charge is 0.481 e. The second kappa shape index (κ2) is 13.6. The van der Waals surface area contributed by atoms with Crippen LogP contribution in [0, 0.1) is 0 Å². The minimum atomic E-state index is -1.36. The summed E-state index contributed by atoms with van der Waals surface area (Å²) in [6, 6.07) is -2.38. The Morgan fingerprint density at radius 3 is 2.14 bits per heavy atom. The van der Waals surface area contributed by atoms with Gasteiger partial charge in [0.1, 0.15) is 24.2 Å². The van der Waals surface area contributed by atoms with Crippen LogP contribution in [0.1, 0.15) is 59.3 Å². The molecule has 0 radical (unpaired) electrons. The Kier molecular flexibility index (Phi) is 11.2. The molecule has 6 atom stereocenters. The summed E-state index contributed by atoms with van der Waals surface area (Å²) in [7, 11) is 0. The van der Waals surface area contributed by atoms with Gasteiger partial charge in [-0.1, -0.05) is 19.3 Å². The number of hydrogen-bond acceptors (Lipinski definition) is 11. The maximum absolute atomic E-state index is 12.8. The SMILES string of the molecule is CC(=O)OC[C@H]1O[C@H](SC2CCCCC2)[C@H](NC(=O)[C@@H](N)CC(=O)O)[C@@H](OC(C)=O)[C@@H]1OC(C)=O. The normalized spacial score (nSPS) is 27.8. The molecule has 4 N–H and O–H groups in total. The molecule has 1 aliphatic carbocycles. The van der Waals surface area contributed by atoms with E-state index in [1.807, 2.05) is 0 Å². The highest BCUT2D eigenvalue weighted by molar-refractivity contribution is 8.00. The van der Waals surface area contributed by atoms with Crippen molar-refractivity contribution in [1.82, 2.24) is 5.32 Å². The van der Waals surface area contributed by atoms with Gasteiger partial charge in [0.25, 0.3) is 0 Å². The molecule has 1 saturated heterocycles. The fraction of sp³-hybridized carbons (Fsp3) is 0.773. The zero-order valence-electron chi connectivity index (χ0n) is 20.1. The van der Waals surface area contributed by atoms with Gasteiger partial charge in [0.2, 0.25) is 5.91 Å². The van der Waals surface area contributed by atoms with Gasteiger partial charge in [-0.2, -0.15) is 0 Å². The summed E-state index contributed by atoms with van der Waals surface area (Å²) in [4.78, 5) is 59.1. The van der Waals surface area contributed by atoms with E-state index in [9.17, 15) is 24.0 Å². The Bertz CT molecular complexity index is 788. The number of esters is 3. The van der Waals surface area contributed by atoms with Crippen molar-refractivity contribution in [2.45, 2.75) is 100 Å². The van der Waals surface area contributed by atoms with Crippen molar-refractivity contribution in [3.05, 3.63) is 0 Å². The molecule has 198 valence electrons. The van der Waals surface area contributed by atoms with E-state index in [0.29, 0.717) is 0 Å². The molecule has 1 saturated carbocycles. The summed E-state index contributed by atoms with van der Waals surface area (Å²) in [6.45, 7) is 3.27. The van der Waals surface area contributed by atoms with Crippen LogP contribution in [0.2, 0.25) is 0 Å². The van der Waals surface area contributed by atoms with Crippen molar-refractivity contribution in [2.75, 3.05) is 6.61 Å². The third-order valence-corrected chi connectivity index (χ3v) is 7.15. The summed E-state index contributed by atoms with van der Waals surface area (Å²) in [6.07, 6.45) is 1.03. The average molecular weight is 519 g/mol. The minimum Gasteiger partial charge on any atom is -0.481 e. The summed E-state index contributed by atoms with van der Waals surface area (Å²) < 4.78 is 22.2. The van der Waals surface area contributed by atoms with Gasteiger partial charge in [-0.25, -0.2) is 0 Å². The first kappa shape index (κ1) is 28.9. The van der Waals surface area contributed by atoms with Crippen LogP contribution >= 0.6 is 11.8 Å². The monoisotopic (exact) mass is 518 g/mol. The van der Waals surface area contributed by atoms with Crippen molar-refractivity contribution in [1.29, 1.82) is 0 Å². The Balaban J connectivity index is 2.40. The number of thioether (sulfide) groups is 1. The van der Waals surface area contributed by atoms with Gasteiger partial charge in [0, 0.05) is 26.0 Å². The lowest BCUT2D eigenvalue weighted by atomic mass is 9.96. The predicted octanol–water partition coefficient (Wildman–Crippen LogP) is 0.491. The lowest BCUT2D eigenvalue weighted by Gasteiger charge is -2.46. The van der Waals surface area contributed by atoms with Gasteiger partial charge in [-0.15, -0.1) is 11.8 Å². The summed E-state index contributed by atoms with van der Waals surface area (Å²) >= 11 is 1.44. The molecular weight excluding hydrogens is 484 g/mol. The fourth-order valence-electron chi connectivity index (χ4n) is 4.12. The van der Waals surface area contributed by atoms with E-state index >= 15 is 0 Å². The molecule has 2 aliphatic rings. The summed E-state index contributed by atoms with van der Waals surface area (Å²) in [5, 5.41) is 11.9. The van der Waals surface area contributed by atoms with Crippen molar-refractivity contribution in [3.8, 4) is 0 Å². The Labute approximate surface area is 207 Å². The highest BCUT2D eigenvalue weighted by Crippen LogP contribution is 2.38. The van der Waals surface area contributed by atoms with E-state index in [1.54, 1.807) is 0 Å². The number of aliphatic carboxylic acids is 1. The molecule has 12 nitrogen and oxygen atoms in total. The van der Waals surface area contributed by atoms with Gasteiger partial charge in [-0.05, 0) is 12.8 Å². The van der Waals surface area contributed by atoms with Gasteiger partial charge in [0.05, 0.1) is 12.5 Å². The molecule has 2 fully saturated rings. The number of nitrogens with one attached hydrogen (secondary N) is 1. The smallest absolute Gasteiger partial charge is 0.305 e. The molecule has 35 heavy (non-hydrogen) atoms. The standard InChI is InChI=1S/C22H34N2O10S/c1-11(25)31-10-16-19(32-12(2)26)20(33-13(3)27)18(24-21(30)15(23)9-17(28)29)22(34-16)35-14-7-5-4-6-8-14/h14-16,18-20,22H,4-10,23H2,1-3H3,(H,24,30)(H,28,29)/t15-,16+,18+,19+,20+,22+/m0/s1. The van der Waals surface area contributed by atoms with Gasteiger partial charge in [0.15, 0.2) is 12.2 Å². The molecule has 0 aromatic carbocycles. The average Bonchev–Trinajstić information content (AvgIpc) is 2.75. The molecule has 0 unspecified atom stereocenters.